The second kappa shape index (κ2) is 12.2. The van der Waals surface area contributed by atoms with Crippen LogP contribution in [-0.2, 0) is 0 Å². The maximum Gasteiger partial charge on any atom is 0.0646 e. The van der Waals surface area contributed by atoms with E-state index in [-0.39, 0.29) is 0 Å². The molecule has 0 saturated heterocycles. The monoisotopic (exact) mass is 327 g/mol. The number of halogens is 1. The summed E-state index contributed by atoms with van der Waals surface area (Å²) >= 11 is 7.90. The molecule has 0 bridgehead atoms. The van der Waals surface area contributed by atoms with Gasteiger partial charge < -0.3 is 5.73 Å². The largest absolute Gasteiger partial charge is 0.398 e. The summed E-state index contributed by atoms with van der Waals surface area (Å²) in [7, 11) is 0. The molecule has 3 heteroatoms. The molecule has 1 aromatic rings. The zero-order chi connectivity index (χ0) is 15.3. The highest BCUT2D eigenvalue weighted by Crippen LogP contribution is 2.27. The van der Waals surface area contributed by atoms with Crippen molar-refractivity contribution < 1.29 is 0 Å². The van der Waals surface area contributed by atoms with Gasteiger partial charge in [-0.1, -0.05) is 76.3 Å². The zero-order valence-electron chi connectivity index (χ0n) is 13.4. The van der Waals surface area contributed by atoms with Crippen LogP contribution < -0.4 is 5.73 Å². The zero-order valence-corrected chi connectivity index (χ0v) is 14.9. The summed E-state index contributed by atoms with van der Waals surface area (Å²) in [6, 6.07) is 5.92. The minimum atomic E-state index is 0.667. The maximum absolute atomic E-state index is 6.02. The molecular weight excluding hydrogens is 298 g/mol. The average molecular weight is 328 g/mol. The predicted molar refractivity (Wildman–Crippen MR) is 98.4 cm³/mol. The molecule has 0 atom stereocenters. The van der Waals surface area contributed by atoms with Crippen LogP contribution in [0.3, 0.4) is 0 Å². The standard InChI is InChI=1S/C18H30ClNS/c1-2-3-4-5-6-7-8-9-10-11-14-21-16-12-13-18(20)17(19)15-16/h12-13,15H,2-11,14,20H2,1H3. The molecule has 0 heterocycles. The highest BCUT2D eigenvalue weighted by atomic mass is 35.5. The van der Waals surface area contributed by atoms with Gasteiger partial charge in [0, 0.05) is 4.90 Å². The van der Waals surface area contributed by atoms with Gasteiger partial charge in [-0.25, -0.2) is 0 Å². The summed E-state index contributed by atoms with van der Waals surface area (Å²) in [4.78, 5) is 1.23. The van der Waals surface area contributed by atoms with Gasteiger partial charge in [0.2, 0.25) is 0 Å². The highest BCUT2D eigenvalue weighted by molar-refractivity contribution is 7.99. The lowest BCUT2D eigenvalue weighted by Gasteiger charge is -2.04. The molecule has 0 radical (unpaired) electrons. The topological polar surface area (TPSA) is 26.0 Å². The molecule has 0 aliphatic heterocycles. The van der Waals surface area contributed by atoms with Crippen molar-refractivity contribution in [2.24, 2.45) is 0 Å². The number of hydrogen-bond acceptors (Lipinski definition) is 2. The van der Waals surface area contributed by atoms with Crippen molar-refractivity contribution in [3.63, 3.8) is 0 Å². The number of nitrogens with two attached hydrogens (primary N) is 1. The molecule has 2 N–H and O–H groups in total. The summed E-state index contributed by atoms with van der Waals surface area (Å²) in [5, 5.41) is 0.670. The van der Waals surface area contributed by atoms with E-state index >= 15 is 0 Å². The number of hydrogen-bond donors (Lipinski definition) is 1. The molecule has 0 unspecified atom stereocenters. The minimum absolute atomic E-state index is 0.667. The van der Waals surface area contributed by atoms with Crippen molar-refractivity contribution in [3.05, 3.63) is 23.2 Å². The van der Waals surface area contributed by atoms with E-state index < -0.39 is 0 Å². The molecule has 0 aliphatic carbocycles. The van der Waals surface area contributed by atoms with Crippen molar-refractivity contribution in [2.45, 2.75) is 76.0 Å². The van der Waals surface area contributed by atoms with Crippen molar-refractivity contribution in [2.75, 3.05) is 11.5 Å². The fraction of sp³-hybridized carbons (Fsp3) is 0.667. The Morgan fingerprint density at radius 3 is 2.05 bits per heavy atom. The Balaban J connectivity index is 1.91. The van der Waals surface area contributed by atoms with Crippen LogP contribution in [0.15, 0.2) is 23.1 Å². The number of nitrogen functional groups attached to an aromatic ring is 1. The Hall–Kier alpha value is -0.340. The van der Waals surface area contributed by atoms with Crippen LogP contribution in [0.4, 0.5) is 5.69 Å². The van der Waals surface area contributed by atoms with Gasteiger partial charge in [0.1, 0.15) is 0 Å². The van der Waals surface area contributed by atoms with Gasteiger partial charge >= 0.3 is 0 Å². The third-order valence-electron chi connectivity index (χ3n) is 3.74. The lowest BCUT2D eigenvalue weighted by molar-refractivity contribution is 0.563. The van der Waals surface area contributed by atoms with E-state index in [0.29, 0.717) is 10.7 Å². The van der Waals surface area contributed by atoms with E-state index in [4.69, 9.17) is 17.3 Å². The molecular formula is C18H30ClNS. The second-order valence-corrected chi connectivity index (χ2v) is 7.29. The fourth-order valence-electron chi connectivity index (χ4n) is 2.38. The van der Waals surface area contributed by atoms with Gasteiger partial charge in [0.15, 0.2) is 0 Å². The van der Waals surface area contributed by atoms with Crippen molar-refractivity contribution >= 4 is 29.1 Å². The molecule has 0 saturated carbocycles. The minimum Gasteiger partial charge on any atom is -0.398 e. The van der Waals surface area contributed by atoms with Crippen molar-refractivity contribution in [1.29, 1.82) is 0 Å². The molecule has 120 valence electrons. The Morgan fingerprint density at radius 2 is 1.48 bits per heavy atom. The van der Waals surface area contributed by atoms with Crippen LogP contribution >= 0.6 is 23.4 Å². The van der Waals surface area contributed by atoms with E-state index in [1.54, 1.807) is 0 Å². The molecule has 0 amide bonds. The Labute approximate surface area is 140 Å². The van der Waals surface area contributed by atoms with Gasteiger partial charge in [-0.2, -0.15) is 0 Å². The first kappa shape index (κ1) is 18.7. The second-order valence-electron chi connectivity index (χ2n) is 5.71. The van der Waals surface area contributed by atoms with Crippen LogP contribution in [-0.4, -0.2) is 5.75 Å². The molecule has 1 aromatic carbocycles. The maximum atomic E-state index is 6.02. The number of unbranched alkanes of at least 4 members (excludes halogenated alkanes) is 9. The van der Waals surface area contributed by atoms with E-state index in [1.807, 2.05) is 23.9 Å². The average Bonchev–Trinajstić information content (AvgIpc) is 2.48. The summed E-state index contributed by atoms with van der Waals surface area (Å²) in [5.74, 6) is 1.18. The number of thioether (sulfide) groups is 1. The molecule has 1 rings (SSSR count). The normalized spacial score (nSPS) is 11.0. The predicted octanol–water partition coefficient (Wildman–Crippen LogP) is 6.94. The lowest BCUT2D eigenvalue weighted by Crippen LogP contribution is -1.87. The van der Waals surface area contributed by atoms with Gasteiger partial charge in [0.05, 0.1) is 10.7 Å². The lowest BCUT2D eigenvalue weighted by atomic mass is 10.1. The number of benzene rings is 1. The van der Waals surface area contributed by atoms with E-state index in [2.05, 4.69) is 13.0 Å². The van der Waals surface area contributed by atoms with E-state index in [9.17, 15) is 0 Å². The molecule has 21 heavy (non-hydrogen) atoms. The molecule has 0 aliphatic rings. The summed E-state index contributed by atoms with van der Waals surface area (Å²) in [6.45, 7) is 2.27. The first-order valence-electron chi connectivity index (χ1n) is 8.42. The third kappa shape index (κ3) is 9.31. The Kier molecular flexibility index (Phi) is 10.9. The Morgan fingerprint density at radius 1 is 0.905 bits per heavy atom. The van der Waals surface area contributed by atoms with Crippen LogP contribution in [0.5, 0.6) is 0 Å². The highest BCUT2D eigenvalue weighted by Gasteiger charge is 1.99. The van der Waals surface area contributed by atoms with Crippen molar-refractivity contribution in [3.8, 4) is 0 Å². The van der Waals surface area contributed by atoms with Gasteiger partial charge in [0.25, 0.3) is 0 Å². The summed E-state index contributed by atoms with van der Waals surface area (Å²) in [6.07, 6.45) is 13.9. The Bertz CT molecular complexity index is 381. The molecule has 0 fully saturated rings. The van der Waals surface area contributed by atoms with Crippen LogP contribution in [0.1, 0.15) is 71.1 Å². The molecule has 0 aromatic heterocycles. The smallest absolute Gasteiger partial charge is 0.0646 e. The molecule has 1 nitrogen and oxygen atoms in total. The SMILES string of the molecule is CCCCCCCCCCCCSc1ccc(N)c(Cl)c1. The van der Waals surface area contributed by atoms with E-state index in [1.165, 1.54) is 74.9 Å². The molecule has 0 spiro atoms. The van der Waals surface area contributed by atoms with Crippen molar-refractivity contribution in [1.82, 2.24) is 0 Å². The van der Waals surface area contributed by atoms with Crippen LogP contribution in [0.2, 0.25) is 5.02 Å². The fourth-order valence-corrected chi connectivity index (χ4v) is 3.57. The number of anilines is 1. The van der Waals surface area contributed by atoms with E-state index in [0.717, 1.165) is 0 Å². The number of rotatable bonds is 12. The van der Waals surface area contributed by atoms with Gasteiger partial charge in [-0.05, 0) is 30.4 Å². The first-order chi connectivity index (χ1) is 10.2. The first-order valence-corrected chi connectivity index (χ1v) is 9.78. The summed E-state index contributed by atoms with van der Waals surface area (Å²) in [5.41, 5.74) is 6.38. The van der Waals surface area contributed by atoms with Crippen LogP contribution in [0, 0.1) is 0 Å². The third-order valence-corrected chi connectivity index (χ3v) is 5.15. The van der Waals surface area contributed by atoms with Gasteiger partial charge in [-0.3, -0.25) is 0 Å². The van der Waals surface area contributed by atoms with Crippen LogP contribution in [0.25, 0.3) is 0 Å². The summed E-state index contributed by atoms with van der Waals surface area (Å²) < 4.78 is 0. The quantitative estimate of drug-likeness (QED) is 0.256. The van der Waals surface area contributed by atoms with Gasteiger partial charge in [-0.15, -0.1) is 11.8 Å².